The zero-order valence-corrected chi connectivity index (χ0v) is 19.7. The number of amides is 4. The third-order valence-corrected chi connectivity index (χ3v) is 7.07. The van der Waals surface area contributed by atoms with Gasteiger partial charge in [0.25, 0.3) is 5.91 Å². The van der Waals surface area contributed by atoms with Crippen molar-refractivity contribution in [3.63, 3.8) is 0 Å². The Hall–Kier alpha value is -2.83. The maximum Gasteiger partial charge on any atom is 0.328 e. The number of hydrogen-bond acceptors (Lipinski definition) is 3. The van der Waals surface area contributed by atoms with E-state index in [2.05, 4.69) is 24.1 Å². The second-order valence-electron chi connectivity index (χ2n) is 9.87. The van der Waals surface area contributed by atoms with E-state index in [0.29, 0.717) is 18.9 Å². The summed E-state index contributed by atoms with van der Waals surface area (Å²) in [6.07, 6.45) is 3.69. The number of nitrogens with one attached hydrogen (secondary N) is 2. The molecule has 3 heterocycles. The summed E-state index contributed by atoms with van der Waals surface area (Å²) in [6.45, 7) is 10.2. The molecule has 2 aliphatic heterocycles. The lowest BCUT2D eigenvalue weighted by Crippen LogP contribution is -2.51. The lowest BCUT2D eigenvalue weighted by Gasteiger charge is -2.36. The lowest BCUT2D eigenvalue weighted by atomic mass is 9.87. The van der Waals surface area contributed by atoms with E-state index in [0.717, 1.165) is 46.3 Å². The second-order valence-corrected chi connectivity index (χ2v) is 9.87. The molecule has 172 valence electrons. The molecule has 7 heteroatoms. The van der Waals surface area contributed by atoms with Gasteiger partial charge < -0.3 is 15.2 Å². The Morgan fingerprint density at radius 3 is 2.59 bits per heavy atom. The van der Waals surface area contributed by atoms with Crippen molar-refractivity contribution < 1.29 is 14.4 Å². The normalized spacial score (nSPS) is 22.3. The van der Waals surface area contributed by atoms with Crippen LogP contribution in [0.25, 0.3) is 10.9 Å². The molecular weight excluding hydrogens is 404 g/mol. The number of hydrogen-bond donors (Lipinski definition) is 2. The summed E-state index contributed by atoms with van der Waals surface area (Å²) < 4.78 is 0. The molecule has 1 aromatic carbocycles. The molecule has 1 aromatic heterocycles. The molecule has 1 saturated heterocycles. The van der Waals surface area contributed by atoms with E-state index in [1.54, 1.807) is 18.7 Å². The highest BCUT2D eigenvalue weighted by molar-refractivity contribution is 6.10. The fraction of sp³-hybridized carbons (Fsp3) is 0.560. The Labute approximate surface area is 189 Å². The van der Waals surface area contributed by atoms with Crippen LogP contribution in [0.2, 0.25) is 0 Å². The van der Waals surface area contributed by atoms with Gasteiger partial charge in [-0.2, -0.15) is 0 Å². The average molecular weight is 439 g/mol. The molecule has 2 N–H and O–H groups in total. The molecular formula is C25H34N4O3. The first-order chi connectivity index (χ1) is 15.2. The van der Waals surface area contributed by atoms with Gasteiger partial charge in [0.2, 0.25) is 5.91 Å². The number of carbonyl (C=O) groups is 3. The first kappa shape index (κ1) is 22.4. The molecule has 2 aliphatic rings. The second kappa shape index (κ2) is 8.26. The highest BCUT2D eigenvalue weighted by atomic mass is 16.2. The highest BCUT2D eigenvalue weighted by Crippen LogP contribution is 2.44. The minimum atomic E-state index is -1.12. The SMILES string of the molecule is CC(C)CCCC(C)NC(=O)[C@H](C)N1C(=O)N2CCc3c([nH]c4ccccc34)[C@@]2(C)C1=O. The minimum Gasteiger partial charge on any atom is -0.356 e. The van der Waals surface area contributed by atoms with Crippen LogP contribution in [0.4, 0.5) is 4.79 Å². The molecule has 0 radical (unpaired) electrons. The van der Waals surface area contributed by atoms with E-state index in [1.165, 1.54) is 0 Å². The maximum atomic E-state index is 13.7. The third kappa shape index (κ3) is 3.48. The molecule has 0 saturated carbocycles. The van der Waals surface area contributed by atoms with E-state index in [-0.39, 0.29) is 17.9 Å². The van der Waals surface area contributed by atoms with E-state index in [1.807, 2.05) is 31.2 Å². The molecule has 3 atom stereocenters. The number of aromatic nitrogens is 1. The standard InChI is InChI=1S/C25H34N4O3/c1-15(2)9-8-10-16(3)26-22(30)17(4)29-23(31)25(5)21-19(13-14-28(25)24(29)32)18-11-6-7-12-20(18)27-21/h6-7,11-12,15-17,27H,8-10,13-14H2,1-5H3,(H,26,30)/t16?,17-,25-/m0/s1. The van der Waals surface area contributed by atoms with Gasteiger partial charge in [-0.3, -0.25) is 9.59 Å². The number of fused-ring (bicyclic) bond motifs is 5. The fourth-order valence-electron chi connectivity index (χ4n) is 5.14. The smallest absolute Gasteiger partial charge is 0.328 e. The minimum absolute atomic E-state index is 0.00464. The number of rotatable bonds is 7. The monoisotopic (exact) mass is 438 g/mol. The van der Waals surface area contributed by atoms with Crippen LogP contribution >= 0.6 is 0 Å². The summed E-state index contributed by atoms with van der Waals surface area (Å²) in [6, 6.07) is 6.70. The Balaban J connectivity index is 1.55. The Morgan fingerprint density at radius 2 is 1.88 bits per heavy atom. The van der Waals surface area contributed by atoms with Crippen LogP contribution in [0.15, 0.2) is 24.3 Å². The number of benzene rings is 1. The summed E-state index contributed by atoms with van der Waals surface area (Å²) in [4.78, 5) is 46.0. The van der Waals surface area contributed by atoms with Gasteiger partial charge >= 0.3 is 6.03 Å². The van der Waals surface area contributed by atoms with Crippen LogP contribution in [-0.2, 0) is 21.5 Å². The summed E-state index contributed by atoms with van der Waals surface area (Å²) >= 11 is 0. The summed E-state index contributed by atoms with van der Waals surface area (Å²) in [5.41, 5.74) is 1.68. The number of para-hydroxylation sites is 1. The number of carbonyl (C=O) groups excluding carboxylic acids is 3. The van der Waals surface area contributed by atoms with Gasteiger partial charge in [-0.25, -0.2) is 9.69 Å². The van der Waals surface area contributed by atoms with Crippen molar-refractivity contribution >= 4 is 28.7 Å². The van der Waals surface area contributed by atoms with Gasteiger partial charge in [-0.15, -0.1) is 0 Å². The van der Waals surface area contributed by atoms with Crippen LogP contribution in [0.1, 0.15) is 65.1 Å². The van der Waals surface area contributed by atoms with Crippen molar-refractivity contribution in [3.05, 3.63) is 35.5 Å². The van der Waals surface area contributed by atoms with Gasteiger partial charge in [0.15, 0.2) is 5.54 Å². The van der Waals surface area contributed by atoms with Crippen molar-refractivity contribution in [2.75, 3.05) is 6.54 Å². The first-order valence-corrected chi connectivity index (χ1v) is 11.7. The van der Waals surface area contributed by atoms with E-state index in [9.17, 15) is 14.4 Å². The first-order valence-electron chi connectivity index (χ1n) is 11.7. The topological polar surface area (TPSA) is 85.5 Å². The zero-order valence-electron chi connectivity index (χ0n) is 19.7. The van der Waals surface area contributed by atoms with Gasteiger partial charge in [0.1, 0.15) is 6.04 Å². The van der Waals surface area contributed by atoms with Gasteiger partial charge in [0.05, 0.1) is 5.69 Å². The number of aromatic amines is 1. The predicted octanol–water partition coefficient (Wildman–Crippen LogP) is 3.92. The van der Waals surface area contributed by atoms with Crippen LogP contribution in [0, 0.1) is 5.92 Å². The molecule has 32 heavy (non-hydrogen) atoms. The molecule has 2 aromatic rings. The summed E-state index contributed by atoms with van der Waals surface area (Å²) in [5, 5.41) is 4.08. The van der Waals surface area contributed by atoms with Gasteiger partial charge in [-0.05, 0) is 51.2 Å². The molecule has 0 bridgehead atoms. The number of imide groups is 1. The van der Waals surface area contributed by atoms with Gasteiger partial charge in [0, 0.05) is 23.5 Å². The Morgan fingerprint density at radius 1 is 1.16 bits per heavy atom. The quantitative estimate of drug-likeness (QED) is 0.643. The molecule has 1 fully saturated rings. The number of urea groups is 1. The molecule has 4 rings (SSSR count). The Bertz CT molecular complexity index is 1060. The lowest BCUT2D eigenvalue weighted by molar-refractivity contribution is -0.139. The zero-order chi connectivity index (χ0) is 23.2. The van der Waals surface area contributed by atoms with Crippen LogP contribution in [0.3, 0.4) is 0 Å². The molecule has 1 unspecified atom stereocenters. The van der Waals surface area contributed by atoms with Crippen molar-refractivity contribution in [1.29, 1.82) is 0 Å². The van der Waals surface area contributed by atoms with E-state index < -0.39 is 17.6 Å². The summed E-state index contributed by atoms with van der Waals surface area (Å²) in [7, 11) is 0. The number of H-pyrrole nitrogens is 1. The predicted molar refractivity (Wildman–Crippen MR) is 124 cm³/mol. The van der Waals surface area contributed by atoms with E-state index in [4.69, 9.17) is 0 Å². The molecule has 0 spiro atoms. The average Bonchev–Trinajstić information content (AvgIpc) is 3.21. The number of nitrogens with zero attached hydrogens (tertiary/aromatic N) is 2. The van der Waals surface area contributed by atoms with Crippen molar-refractivity contribution in [1.82, 2.24) is 20.1 Å². The summed E-state index contributed by atoms with van der Waals surface area (Å²) in [5.74, 6) is -0.00137. The van der Waals surface area contributed by atoms with Gasteiger partial charge in [-0.1, -0.05) is 44.9 Å². The molecule has 4 amide bonds. The largest absolute Gasteiger partial charge is 0.356 e. The van der Waals surface area contributed by atoms with Crippen molar-refractivity contribution in [2.45, 2.75) is 77.9 Å². The van der Waals surface area contributed by atoms with E-state index >= 15 is 0 Å². The van der Waals surface area contributed by atoms with Crippen LogP contribution < -0.4 is 5.32 Å². The molecule has 0 aliphatic carbocycles. The van der Waals surface area contributed by atoms with Crippen LogP contribution in [-0.4, -0.2) is 51.3 Å². The molecule has 7 nitrogen and oxygen atoms in total. The maximum absolute atomic E-state index is 13.7. The van der Waals surface area contributed by atoms with Crippen LogP contribution in [0.5, 0.6) is 0 Å². The van der Waals surface area contributed by atoms with Crippen molar-refractivity contribution in [3.8, 4) is 0 Å². The fourth-order valence-corrected chi connectivity index (χ4v) is 5.14. The Kier molecular flexibility index (Phi) is 5.77. The van der Waals surface area contributed by atoms with Crippen molar-refractivity contribution in [2.24, 2.45) is 5.92 Å². The third-order valence-electron chi connectivity index (χ3n) is 7.07. The highest BCUT2D eigenvalue weighted by Gasteiger charge is 2.60.